The molecule has 6 heteroatoms. The number of aryl methyl sites for hydroxylation is 1. The second kappa shape index (κ2) is 9.75. The zero-order valence-electron chi connectivity index (χ0n) is 12.0. The molecule has 0 unspecified atom stereocenters. The SMILES string of the molecule is CCOCCCCNC(=NC)NCc1scnc1C. The van der Waals surface area contributed by atoms with E-state index in [1.807, 2.05) is 19.4 Å². The smallest absolute Gasteiger partial charge is 0.191 e. The fourth-order valence-electron chi connectivity index (χ4n) is 1.56. The van der Waals surface area contributed by atoms with Crippen molar-refractivity contribution in [3.63, 3.8) is 0 Å². The molecule has 1 aromatic rings. The molecule has 1 aromatic heterocycles. The van der Waals surface area contributed by atoms with Crippen molar-refractivity contribution in [2.45, 2.75) is 33.2 Å². The van der Waals surface area contributed by atoms with Crippen LogP contribution in [0.1, 0.15) is 30.3 Å². The molecular formula is C13H24N4OS. The maximum Gasteiger partial charge on any atom is 0.191 e. The van der Waals surface area contributed by atoms with Crippen molar-refractivity contribution in [2.24, 2.45) is 4.99 Å². The minimum absolute atomic E-state index is 0.773. The van der Waals surface area contributed by atoms with Crippen LogP contribution in [0, 0.1) is 6.92 Å². The van der Waals surface area contributed by atoms with Gasteiger partial charge in [0.2, 0.25) is 0 Å². The van der Waals surface area contributed by atoms with Gasteiger partial charge >= 0.3 is 0 Å². The van der Waals surface area contributed by atoms with Crippen molar-refractivity contribution < 1.29 is 4.74 Å². The van der Waals surface area contributed by atoms with Crippen LogP contribution in [-0.2, 0) is 11.3 Å². The fraction of sp³-hybridized carbons (Fsp3) is 0.692. The van der Waals surface area contributed by atoms with Crippen LogP contribution < -0.4 is 10.6 Å². The third-order valence-corrected chi connectivity index (χ3v) is 3.63. The first-order chi connectivity index (χ1) is 9.27. The number of rotatable bonds is 8. The highest BCUT2D eigenvalue weighted by Crippen LogP contribution is 2.10. The lowest BCUT2D eigenvalue weighted by molar-refractivity contribution is 0.143. The van der Waals surface area contributed by atoms with Crippen molar-refractivity contribution in [1.29, 1.82) is 0 Å². The number of aromatic nitrogens is 1. The van der Waals surface area contributed by atoms with E-state index in [0.29, 0.717) is 0 Å². The number of hydrogen-bond acceptors (Lipinski definition) is 4. The largest absolute Gasteiger partial charge is 0.382 e. The molecule has 0 fully saturated rings. The quantitative estimate of drug-likeness (QED) is 0.435. The summed E-state index contributed by atoms with van der Waals surface area (Å²) in [5, 5.41) is 6.59. The van der Waals surface area contributed by atoms with E-state index >= 15 is 0 Å². The van der Waals surface area contributed by atoms with E-state index in [2.05, 4.69) is 20.6 Å². The van der Waals surface area contributed by atoms with Gasteiger partial charge in [-0.25, -0.2) is 4.98 Å². The molecule has 0 bridgehead atoms. The summed E-state index contributed by atoms with van der Waals surface area (Å²) in [5.74, 6) is 0.837. The van der Waals surface area contributed by atoms with Crippen LogP contribution >= 0.6 is 11.3 Å². The third-order valence-electron chi connectivity index (χ3n) is 2.70. The number of guanidine groups is 1. The molecule has 0 aliphatic rings. The highest BCUT2D eigenvalue weighted by Gasteiger charge is 2.02. The number of nitrogens with one attached hydrogen (secondary N) is 2. The van der Waals surface area contributed by atoms with Crippen molar-refractivity contribution >= 4 is 17.3 Å². The first-order valence-corrected chi connectivity index (χ1v) is 7.57. The Balaban J connectivity index is 2.15. The van der Waals surface area contributed by atoms with Crippen molar-refractivity contribution in [1.82, 2.24) is 15.6 Å². The van der Waals surface area contributed by atoms with Crippen LogP contribution in [0.3, 0.4) is 0 Å². The summed E-state index contributed by atoms with van der Waals surface area (Å²) in [6, 6.07) is 0. The lowest BCUT2D eigenvalue weighted by atomic mass is 10.3. The minimum atomic E-state index is 0.773. The Hall–Kier alpha value is -1.14. The third kappa shape index (κ3) is 6.54. The molecule has 108 valence electrons. The fourth-order valence-corrected chi connectivity index (χ4v) is 2.28. The van der Waals surface area contributed by atoms with E-state index in [9.17, 15) is 0 Å². The molecule has 0 spiro atoms. The predicted octanol–water partition coefficient (Wildman–Crippen LogP) is 1.93. The molecule has 0 saturated heterocycles. The zero-order valence-corrected chi connectivity index (χ0v) is 12.8. The van der Waals surface area contributed by atoms with Crippen molar-refractivity contribution in [3.8, 4) is 0 Å². The Bertz CT molecular complexity index is 378. The van der Waals surface area contributed by atoms with Crippen LogP contribution in [0.2, 0.25) is 0 Å². The van der Waals surface area contributed by atoms with E-state index in [1.54, 1.807) is 18.4 Å². The molecule has 1 heterocycles. The van der Waals surface area contributed by atoms with Crippen LogP contribution in [0.5, 0.6) is 0 Å². The average Bonchev–Trinajstić information content (AvgIpc) is 2.83. The lowest BCUT2D eigenvalue weighted by Gasteiger charge is -2.11. The molecule has 0 aliphatic carbocycles. The molecule has 0 aromatic carbocycles. The number of hydrogen-bond donors (Lipinski definition) is 2. The topological polar surface area (TPSA) is 58.5 Å². The molecule has 2 N–H and O–H groups in total. The van der Waals surface area contributed by atoms with Gasteiger partial charge < -0.3 is 15.4 Å². The maximum absolute atomic E-state index is 5.30. The van der Waals surface area contributed by atoms with Gasteiger partial charge in [-0.05, 0) is 26.7 Å². The van der Waals surface area contributed by atoms with Gasteiger partial charge in [0.25, 0.3) is 0 Å². The highest BCUT2D eigenvalue weighted by molar-refractivity contribution is 7.09. The molecule has 0 atom stereocenters. The van der Waals surface area contributed by atoms with E-state index in [1.165, 1.54) is 4.88 Å². The molecule has 0 saturated carbocycles. The van der Waals surface area contributed by atoms with Gasteiger partial charge in [0.15, 0.2) is 5.96 Å². The summed E-state index contributed by atoms with van der Waals surface area (Å²) in [4.78, 5) is 9.68. The molecular weight excluding hydrogens is 260 g/mol. The summed E-state index contributed by atoms with van der Waals surface area (Å²) in [6.07, 6.45) is 2.16. The number of unbranched alkanes of at least 4 members (excludes halogenated alkanes) is 1. The van der Waals surface area contributed by atoms with E-state index < -0.39 is 0 Å². The first kappa shape index (κ1) is 15.9. The minimum Gasteiger partial charge on any atom is -0.382 e. The highest BCUT2D eigenvalue weighted by atomic mass is 32.1. The number of thiazole rings is 1. The Morgan fingerprint density at radius 2 is 2.26 bits per heavy atom. The van der Waals surface area contributed by atoms with Gasteiger partial charge in [0, 0.05) is 31.7 Å². The number of nitrogens with zero attached hydrogens (tertiary/aromatic N) is 2. The zero-order chi connectivity index (χ0) is 13.9. The summed E-state index contributed by atoms with van der Waals surface area (Å²) >= 11 is 1.67. The van der Waals surface area contributed by atoms with Gasteiger partial charge in [-0.15, -0.1) is 11.3 Å². The monoisotopic (exact) mass is 284 g/mol. The standard InChI is InChI=1S/C13H24N4OS/c1-4-18-8-6-5-7-15-13(14-3)16-9-12-11(2)17-10-19-12/h10H,4-9H2,1-3H3,(H2,14,15,16). The summed E-state index contributed by atoms with van der Waals surface area (Å²) in [6.45, 7) is 7.36. The molecule has 19 heavy (non-hydrogen) atoms. The number of ether oxygens (including phenoxy) is 1. The molecule has 1 rings (SSSR count). The van der Waals surface area contributed by atoms with Crippen LogP contribution in [-0.4, -0.2) is 37.7 Å². The Kier molecular flexibility index (Phi) is 8.16. The Morgan fingerprint density at radius 3 is 2.89 bits per heavy atom. The number of aliphatic imine (C=N–C) groups is 1. The molecule has 0 aliphatic heterocycles. The second-order valence-corrected chi connectivity index (χ2v) is 5.06. The van der Waals surface area contributed by atoms with Gasteiger partial charge in [-0.2, -0.15) is 0 Å². The Morgan fingerprint density at radius 1 is 1.42 bits per heavy atom. The van der Waals surface area contributed by atoms with E-state index in [0.717, 1.165) is 50.8 Å². The predicted molar refractivity (Wildman–Crippen MR) is 80.8 cm³/mol. The average molecular weight is 284 g/mol. The summed E-state index contributed by atoms with van der Waals surface area (Å²) in [7, 11) is 1.79. The van der Waals surface area contributed by atoms with Gasteiger partial charge in [-0.3, -0.25) is 4.99 Å². The van der Waals surface area contributed by atoms with E-state index in [4.69, 9.17) is 4.74 Å². The van der Waals surface area contributed by atoms with Crippen LogP contribution in [0.25, 0.3) is 0 Å². The van der Waals surface area contributed by atoms with Gasteiger partial charge in [0.05, 0.1) is 17.7 Å². The van der Waals surface area contributed by atoms with Crippen LogP contribution in [0.15, 0.2) is 10.5 Å². The Labute approximate surface area is 119 Å². The van der Waals surface area contributed by atoms with Crippen molar-refractivity contribution in [2.75, 3.05) is 26.8 Å². The lowest BCUT2D eigenvalue weighted by Crippen LogP contribution is -2.37. The molecule has 5 nitrogen and oxygen atoms in total. The normalized spacial score (nSPS) is 11.6. The maximum atomic E-state index is 5.30. The van der Waals surface area contributed by atoms with Crippen molar-refractivity contribution in [3.05, 3.63) is 16.1 Å². The van der Waals surface area contributed by atoms with Gasteiger partial charge in [0.1, 0.15) is 0 Å². The first-order valence-electron chi connectivity index (χ1n) is 6.69. The van der Waals surface area contributed by atoms with Gasteiger partial charge in [-0.1, -0.05) is 0 Å². The summed E-state index contributed by atoms with van der Waals surface area (Å²) in [5.41, 5.74) is 2.96. The summed E-state index contributed by atoms with van der Waals surface area (Å²) < 4.78 is 5.30. The molecule has 0 radical (unpaired) electrons. The second-order valence-electron chi connectivity index (χ2n) is 4.12. The molecule has 0 amide bonds. The van der Waals surface area contributed by atoms with Crippen LogP contribution in [0.4, 0.5) is 0 Å². The van der Waals surface area contributed by atoms with E-state index in [-0.39, 0.29) is 0 Å².